The Kier molecular flexibility index (Phi) is 6.34. The molecular formula is C23H29N7O3. The lowest BCUT2D eigenvalue weighted by Gasteiger charge is -2.31. The minimum absolute atomic E-state index is 0.128. The maximum Gasteiger partial charge on any atom is 0.321 e. The lowest BCUT2D eigenvalue weighted by Crippen LogP contribution is -2.36. The number of morpholine rings is 1. The number of benzene rings is 1. The highest BCUT2D eigenvalue weighted by Gasteiger charge is 2.25. The first-order valence-corrected chi connectivity index (χ1v) is 11.5. The number of hydrogen-bond acceptors (Lipinski definition) is 10. The molecule has 1 saturated carbocycles. The van der Waals surface area contributed by atoms with E-state index in [-0.39, 0.29) is 12.1 Å². The summed E-state index contributed by atoms with van der Waals surface area (Å²) < 4.78 is 17.2. The van der Waals surface area contributed by atoms with Gasteiger partial charge in [0.2, 0.25) is 5.95 Å². The first kappa shape index (κ1) is 21.6. The van der Waals surface area contributed by atoms with E-state index in [2.05, 4.69) is 47.3 Å². The van der Waals surface area contributed by atoms with E-state index in [4.69, 9.17) is 14.2 Å². The van der Waals surface area contributed by atoms with Gasteiger partial charge in [-0.1, -0.05) is 0 Å². The van der Waals surface area contributed by atoms with Gasteiger partial charge in [0.1, 0.15) is 17.1 Å². The number of ether oxygens (including phenoxy) is 3. The van der Waals surface area contributed by atoms with Gasteiger partial charge in [0.05, 0.1) is 31.9 Å². The minimum atomic E-state index is 0.128. The van der Waals surface area contributed by atoms with Crippen molar-refractivity contribution in [2.45, 2.75) is 44.8 Å². The molecule has 1 aromatic carbocycles. The van der Waals surface area contributed by atoms with Crippen molar-refractivity contribution in [2.75, 3.05) is 43.6 Å². The average Bonchev–Trinajstić information content (AvgIpc) is 2.85. The van der Waals surface area contributed by atoms with Crippen LogP contribution in [0.2, 0.25) is 0 Å². The Balaban J connectivity index is 1.26. The van der Waals surface area contributed by atoms with E-state index in [9.17, 15) is 0 Å². The molecule has 33 heavy (non-hydrogen) atoms. The van der Waals surface area contributed by atoms with Crippen LogP contribution in [0.15, 0.2) is 24.5 Å². The number of hydrogen-bond donors (Lipinski definition) is 1. The number of aromatic nitrogens is 5. The molecule has 0 bridgehead atoms. The summed E-state index contributed by atoms with van der Waals surface area (Å²) in [5, 5.41) is 3.42. The number of aryl methyl sites for hydroxylation is 1. The van der Waals surface area contributed by atoms with Gasteiger partial charge in [-0.15, -0.1) is 0 Å². The highest BCUT2D eigenvalue weighted by molar-refractivity contribution is 5.85. The van der Waals surface area contributed by atoms with Crippen LogP contribution in [0.5, 0.6) is 11.8 Å². The molecule has 1 aliphatic heterocycles. The summed E-state index contributed by atoms with van der Waals surface area (Å²) in [5.41, 5.74) is 2.77. The van der Waals surface area contributed by atoms with Crippen molar-refractivity contribution in [3.05, 3.63) is 30.4 Å². The van der Waals surface area contributed by atoms with Crippen LogP contribution >= 0.6 is 0 Å². The van der Waals surface area contributed by atoms with Crippen LogP contribution in [0.3, 0.4) is 0 Å². The SMILES string of the molecule is COc1nc(C)nc(NC2CCC(Oc3cc(N4CCOCC4)cc4nccnc34)CC2)n1. The Morgan fingerprint density at radius 3 is 2.58 bits per heavy atom. The van der Waals surface area contributed by atoms with Gasteiger partial charge in [-0.25, -0.2) is 4.98 Å². The number of nitrogens with one attached hydrogen (secondary N) is 1. The van der Waals surface area contributed by atoms with Crippen LogP contribution < -0.4 is 19.7 Å². The summed E-state index contributed by atoms with van der Waals surface area (Å²) in [6.07, 6.45) is 7.36. The Hall–Kier alpha value is -3.27. The molecule has 1 saturated heterocycles. The molecule has 174 valence electrons. The monoisotopic (exact) mass is 451 g/mol. The second-order valence-electron chi connectivity index (χ2n) is 8.40. The zero-order valence-corrected chi connectivity index (χ0v) is 19.0. The van der Waals surface area contributed by atoms with Crippen molar-refractivity contribution in [3.8, 4) is 11.8 Å². The predicted molar refractivity (Wildman–Crippen MR) is 124 cm³/mol. The molecule has 0 radical (unpaired) electrons. The molecule has 2 aliphatic rings. The molecule has 0 amide bonds. The van der Waals surface area contributed by atoms with Crippen LogP contribution in [-0.4, -0.2) is 70.5 Å². The minimum Gasteiger partial charge on any atom is -0.488 e. The summed E-state index contributed by atoms with van der Waals surface area (Å²) in [4.78, 5) is 24.2. The Labute approximate surface area is 192 Å². The molecule has 3 aromatic rings. The van der Waals surface area contributed by atoms with Gasteiger partial charge in [-0.2, -0.15) is 15.0 Å². The third-order valence-electron chi connectivity index (χ3n) is 6.11. The van der Waals surface area contributed by atoms with E-state index >= 15 is 0 Å². The largest absolute Gasteiger partial charge is 0.488 e. The molecule has 2 aromatic heterocycles. The summed E-state index contributed by atoms with van der Waals surface area (Å²) in [6.45, 7) is 5.03. The van der Waals surface area contributed by atoms with Crippen molar-refractivity contribution >= 4 is 22.7 Å². The van der Waals surface area contributed by atoms with Gasteiger partial charge < -0.3 is 24.4 Å². The lowest BCUT2D eigenvalue weighted by atomic mass is 9.93. The van der Waals surface area contributed by atoms with E-state index in [1.807, 2.05) is 6.92 Å². The van der Waals surface area contributed by atoms with E-state index in [1.54, 1.807) is 19.5 Å². The maximum atomic E-state index is 6.50. The van der Waals surface area contributed by atoms with Crippen LogP contribution in [-0.2, 0) is 4.74 Å². The molecule has 10 heteroatoms. The fourth-order valence-corrected chi connectivity index (χ4v) is 4.42. The van der Waals surface area contributed by atoms with Crippen molar-refractivity contribution in [2.24, 2.45) is 0 Å². The van der Waals surface area contributed by atoms with Crippen molar-refractivity contribution in [3.63, 3.8) is 0 Å². The molecule has 0 spiro atoms. The molecule has 0 unspecified atom stereocenters. The van der Waals surface area contributed by atoms with Crippen LogP contribution in [0.4, 0.5) is 11.6 Å². The lowest BCUT2D eigenvalue weighted by molar-refractivity contribution is 0.122. The summed E-state index contributed by atoms with van der Waals surface area (Å²) in [5.74, 6) is 1.99. The molecule has 1 N–H and O–H groups in total. The third-order valence-corrected chi connectivity index (χ3v) is 6.11. The highest BCUT2D eigenvalue weighted by Crippen LogP contribution is 2.33. The Morgan fingerprint density at radius 1 is 1.00 bits per heavy atom. The Morgan fingerprint density at radius 2 is 1.79 bits per heavy atom. The van der Waals surface area contributed by atoms with Crippen LogP contribution in [0.1, 0.15) is 31.5 Å². The first-order valence-electron chi connectivity index (χ1n) is 11.5. The van der Waals surface area contributed by atoms with Gasteiger partial charge in [-0.05, 0) is 38.7 Å². The van der Waals surface area contributed by atoms with E-state index in [0.717, 1.165) is 74.5 Å². The van der Waals surface area contributed by atoms with Crippen molar-refractivity contribution in [1.82, 2.24) is 24.9 Å². The molecular weight excluding hydrogens is 422 g/mol. The fourth-order valence-electron chi connectivity index (χ4n) is 4.42. The van der Waals surface area contributed by atoms with Crippen LogP contribution in [0, 0.1) is 6.92 Å². The molecule has 5 rings (SSSR count). The predicted octanol–water partition coefficient (Wildman–Crippen LogP) is 2.77. The van der Waals surface area contributed by atoms with E-state index in [1.165, 1.54) is 0 Å². The first-order chi connectivity index (χ1) is 16.2. The van der Waals surface area contributed by atoms with Gasteiger partial charge in [0.25, 0.3) is 0 Å². The van der Waals surface area contributed by atoms with Crippen molar-refractivity contribution in [1.29, 1.82) is 0 Å². The molecule has 0 atom stereocenters. The van der Waals surface area contributed by atoms with E-state index < -0.39 is 0 Å². The number of anilines is 2. The summed E-state index contributed by atoms with van der Waals surface area (Å²) >= 11 is 0. The summed E-state index contributed by atoms with van der Waals surface area (Å²) in [7, 11) is 1.56. The quantitative estimate of drug-likeness (QED) is 0.601. The average molecular weight is 452 g/mol. The smallest absolute Gasteiger partial charge is 0.321 e. The normalized spacial score (nSPS) is 21.1. The van der Waals surface area contributed by atoms with E-state index in [0.29, 0.717) is 17.8 Å². The van der Waals surface area contributed by atoms with Gasteiger partial charge >= 0.3 is 6.01 Å². The molecule has 10 nitrogen and oxygen atoms in total. The topological polar surface area (TPSA) is 107 Å². The summed E-state index contributed by atoms with van der Waals surface area (Å²) in [6, 6.07) is 4.81. The van der Waals surface area contributed by atoms with Gasteiger partial charge in [-0.3, -0.25) is 4.98 Å². The van der Waals surface area contributed by atoms with Gasteiger partial charge in [0.15, 0.2) is 0 Å². The Bertz CT molecular complexity index is 1100. The fraction of sp³-hybridized carbons (Fsp3) is 0.522. The molecule has 1 aliphatic carbocycles. The second-order valence-corrected chi connectivity index (χ2v) is 8.40. The highest BCUT2D eigenvalue weighted by atomic mass is 16.5. The third kappa shape index (κ3) is 5.05. The van der Waals surface area contributed by atoms with Crippen molar-refractivity contribution < 1.29 is 14.2 Å². The number of rotatable bonds is 6. The maximum absolute atomic E-state index is 6.50. The van der Waals surface area contributed by atoms with Gasteiger partial charge in [0, 0.05) is 43.3 Å². The molecule has 3 heterocycles. The zero-order chi connectivity index (χ0) is 22.6. The standard InChI is InChI=1S/C23H29N7O3/c1-15-26-22(29-23(27-15)31-2)28-16-3-5-18(6-4-16)33-20-14-17(30-9-11-32-12-10-30)13-19-21(20)25-8-7-24-19/h7-8,13-14,16,18H,3-6,9-12H2,1-2H3,(H,26,27,28,29). The molecule has 2 fully saturated rings. The zero-order valence-electron chi connectivity index (χ0n) is 19.0. The number of nitrogens with zero attached hydrogens (tertiary/aromatic N) is 6. The number of fused-ring (bicyclic) bond motifs is 1. The number of methoxy groups -OCH3 is 1. The second kappa shape index (κ2) is 9.70. The van der Waals surface area contributed by atoms with Crippen LogP contribution in [0.25, 0.3) is 11.0 Å².